The molecule has 0 unspecified atom stereocenters. The number of carbonyl (C=O) groups excluding carboxylic acids is 1. The Morgan fingerprint density at radius 2 is 1.80 bits per heavy atom. The lowest BCUT2D eigenvalue weighted by Crippen LogP contribution is -2.25. The molecule has 0 aliphatic carbocycles. The van der Waals surface area contributed by atoms with Crippen molar-refractivity contribution in [3.05, 3.63) is 65.2 Å². The molecule has 0 atom stereocenters. The Balaban J connectivity index is 1.88. The molecular weight excluding hydrogens is 280 g/mol. The van der Waals surface area contributed by atoms with Crippen LogP contribution in [0.1, 0.15) is 15.9 Å². The Hall–Kier alpha value is -1.88. The molecular formula is C15H13F2NOS. The SMILES string of the molecule is O=C(NCCc1ccc(F)cc1)c1ccc(F)c(S)c1. The summed E-state index contributed by atoms with van der Waals surface area (Å²) in [5, 5.41) is 2.72. The van der Waals surface area contributed by atoms with E-state index in [4.69, 9.17) is 0 Å². The summed E-state index contributed by atoms with van der Waals surface area (Å²) in [6, 6.07) is 10.1. The fourth-order valence-electron chi connectivity index (χ4n) is 1.73. The number of thiol groups is 1. The van der Waals surface area contributed by atoms with Crippen molar-refractivity contribution >= 4 is 18.5 Å². The quantitative estimate of drug-likeness (QED) is 0.833. The predicted molar refractivity (Wildman–Crippen MR) is 76.1 cm³/mol. The first-order valence-electron chi connectivity index (χ1n) is 6.07. The van der Waals surface area contributed by atoms with E-state index in [9.17, 15) is 13.6 Å². The van der Waals surface area contributed by atoms with Gasteiger partial charge in [-0.15, -0.1) is 12.6 Å². The van der Waals surface area contributed by atoms with Gasteiger partial charge >= 0.3 is 0 Å². The highest BCUT2D eigenvalue weighted by atomic mass is 32.1. The molecule has 2 rings (SSSR count). The second kappa shape index (κ2) is 6.52. The third kappa shape index (κ3) is 3.81. The Morgan fingerprint density at radius 3 is 2.45 bits per heavy atom. The maximum atomic E-state index is 13.0. The molecule has 0 spiro atoms. The average molecular weight is 293 g/mol. The number of hydrogen-bond acceptors (Lipinski definition) is 2. The molecule has 2 nitrogen and oxygen atoms in total. The predicted octanol–water partition coefficient (Wildman–Crippen LogP) is 3.23. The van der Waals surface area contributed by atoms with E-state index in [0.29, 0.717) is 18.5 Å². The highest BCUT2D eigenvalue weighted by Gasteiger charge is 2.07. The molecule has 0 bridgehead atoms. The molecule has 1 amide bonds. The topological polar surface area (TPSA) is 29.1 Å². The van der Waals surface area contributed by atoms with Crippen LogP contribution in [-0.4, -0.2) is 12.5 Å². The van der Waals surface area contributed by atoms with Gasteiger partial charge in [0.1, 0.15) is 11.6 Å². The van der Waals surface area contributed by atoms with Gasteiger partial charge in [-0.05, 0) is 42.3 Å². The van der Waals surface area contributed by atoms with Crippen LogP contribution in [0.25, 0.3) is 0 Å². The first-order valence-corrected chi connectivity index (χ1v) is 6.52. The van der Waals surface area contributed by atoms with Crippen LogP contribution >= 0.6 is 12.6 Å². The molecule has 0 saturated heterocycles. The molecule has 0 saturated carbocycles. The van der Waals surface area contributed by atoms with Crippen LogP contribution in [-0.2, 0) is 6.42 Å². The molecule has 1 N–H and O–H groups in total. The summed E-state index contributed by atoms with van der Waals surface area (Å²) in [7, 11) is 0. The molecule has 0 heterocycles. The fraction of sp³-hybridized carbons (Fsp3) is 0.133. The van der Waals surface area contributed by atoms with E-state index in [-0.39, 0.29) is 16.6 Å². The van der Waals surface area contributed by atoms with Crippen molar-refractivity contribution in [3.63, 3.8) is 0 Å². The van der Waals surface area contributed by atoms with E-state index in [0.717, 1.165) is 5.56 Å². The number of amides is 1. The normalized spacial score (nSPS) is 10.3. The monoisotopic (exact) mass is 293 g/mol. The van der Waals surface area contributed by atoms with E-state index in [1.165, 1.54) is 30.3 Å². The van der Waals surface area contributed by atoms with E-state index < -0.39 is 5.82 Å². The molecule has 2 aromatic carbocycles. The van der Waals surface area contributed by atoms with Crippen LogP contribution in [0.4, 0.5) is 8.78 Å². The molecule has 5 heteroatoms. The molecule has 0 aromatic heterocycles. The highest BCUT2D eigenvalue weighted by molar-refractivity contribution is 7.80. The van der Waals surface area contributed by atoms with Crippen molar-refractivity contribution < 1.29 is 13.6 Å². The van der Waals surface area contributed by atoms with Crippen LogP contribution in [0.2, 0.25) is 0 Å². The Bertz CT molecular complexity index is 614. The van der Waals surface area contributed by atoms with Crippen molar-refractivity contribution in [1.82, 2.24) is 5.32 Å². The molecule has 0 aliphatic heterocycles. The zero-order valence-corrected chi connectivity index (χ0v) is 11.5. The van der Waals surface area contributed by atoms with Crippen LogP contribution in [0.5, 0.6) is 0 Å². The van der Waals surface area contributed by atoms with E-state index in [2.05, 4.69) is 17.9 Å². The minimum Gasteiger partial charge on any atom is -0.352 e. The summed E-state index contributed by atoms with van der Waals surface area (Å²) in [4.78, 5) is 12.0. The summed E-state index contributed by atoms with van der Waals surface area (Å²) >= 11 is 3.93. The van der Waals surface area contributed by atoms with Crippen molar-refractivity contribution in [2.24, 2.45) is 0 Å². The zero-order chi connectivity index (χ0) is 14.5. The van der Waals surface area contributed by atoms with Crippen molar-refractivity contribution in [1.29, 1.82) is 0 Å². The number of nitrogens with one attached hydrogen (secondary N) is 1. The summed E-state index contributed by atoms with van der Waals surface area (Å²) in [6.45, 7) is 0.420. The van der Waals surface area contributed by atoms with Crippen molar-refractivity contribution in [3.8, 4) is 0 Å². The summed E-state index contributed by atoms with van der Waals surface area (Å²) in [5.74, 6) is -1.04. The van der Waals surface area contributed by atoms with Gasteiger partial charge in [-0.1, -0.05) is 12.1 Å². The average Bonchev–Trinajstić information content (AvgIpc) is 2.44. The van der Waals surface area contributed by atoms with Gasteiger partial charge < -0.3 is 5.32 Å². The van der Waals surface area contributed by atoms with Gasteiger partial charge in [0.05, 0.1) is 0 Å². The lowest BCUT2D eigenvalue weighted by molar-refractivity contribution is 0.0954. The van der Waals surface area contributed by atoms with Crippen LogP contribution in [0.3, 0.4) is 0 Å². The zero-order valence-electron chi connectivity index (χ0n) is 10.6. The minimum atomic E-state index is -0.462. The summed E-state index contributed by atoms with van der Waals surface area (Å²) in [6.07, 6.45) is 0.598. The second-order valence-electron chi connectivity index (χ2n) is 4.30. The molecule has 0 fully saturated rings. The van der Waals surface area contributed by atoms with Gasteiger partial charge in [0.25, 0.3) is 5.91 Å². The van der Waals surface area contributed by atoms with Crippen molar-refractivity contribution in [2.45, 2.75) is 11.3 Å². The Morgan fingerprint density at radius 1 is 1.10 bits per heavy atom. The lowest BCUT2D eigenvalue weighted by atomic mass is 10.1. The standard InChI is InChI=1S/C15H13F2NOS/c16-12-4-1-10(2-5-12)7-8-18-15(19)11-3-6-13(17)14(20)9-11/h1-6,9,20H,7-8H2,(H,18,19). The maximum absolute atomic E-state index is 13.0. The number of halogens is 2. The third-order valence-corrected chi connectivity index (χ3v) is 3.16. The Kier molecular flexibility index (Phi) is 4.74. The van der Waals surface area contributed by atoms with Gasteiger partial charge in [0.2, 0.25) is 0 Å². The van der Waals surface area contributed by atoms with Gasteiger partial charge in [-0.2, -0.15) is 0 Å². The molecule has 20 heavy (non-hydrogen) atoms. The smallest absolute Gasteiger partial charge is 0.251 e. The number of benzene rings is 2. The fourth-order valence-corrected chi connectivity index (χ4v) is 1.94. The van der Waals surface area contributed by atoms with E-state index >= 15 is 0 Å². The van der Waals surface area contributed by atoms with Gasteiger partial charge in [-0.3, -0.25) is 4.79 Å². The van der Waals surface area contributed by atoms with Crippen molar-refractivity contribution in [2.75, 3.05) is 6.54 Å². The van der Waals surface area contributed by atoms with E-state index in [1.54, 1.807) is 12.1 Å². The molecule has 104 valence electrons. The summed E-state index contributed by atoms with van der Waals surface area (Å²) in [5.41, 5.74) is 1.29. The first kappa shape index (κ1) is 14.5. The minimum absolute atomic E-state index is 0.135. The van der Waals surface area contributed by atoms with Crippen LogP contribution in [0, 0.1) is 11.6 Å². The molecule has 2 aromatic rings. The summed E-state index contributed by atoms with van der Waals surface area (Å²) < 4.78 is 25.8. The second-order valence-corrected chi connectivity index (χ2v) is 4.78. The highest BCUT2D eigenvalue weighted by Crippen LogP contribution is 2.14. The van der Waals surface area contributed by atoms with E-state index in [1.807, 2.05) is 0 Å². The largest absolute Gasteiger partial charge is 0.352 e. The maximum Gasteiger partial charge on any atom is 0.251 e. The molecule has 0 radical (unpaired) electrons. The van der Waals surface area contributed by atoms with Gasteiger partial charge in [0, 0.05) is 17.0 Å². The third-order valence-electron chi connectivity index (χ3n) is 2.82. The number of rotatable bonds is 4. The first-order chi connectivity index (χ1) is 9.56. The Labute approximate surface area is 121 Å². The number of carbonyl (C=O) groups is 1. The van der Waals surface area contributed by atoms with Crippen LogP contribution in [0.15, 0.2) is 47.4 Å². The van der Waals surface area contributed by atoms with Crippen LogP contribution < -0.4 is 5.32 Å². The number of hydrogen-bond donors (Lipinski definition) is 2. The van der Waals surface area contributed by atoms with Gasteiger partial charge in [-0.25, -0.2) is 8.78 Å². The lowest BCUT2D eigenvalue weighted by Gasteiger charge is -2.06. The van der Waals surface area contributed by atoms with Gasteiger partial charge in [0.15, 0.2) is 0 Å². The molecule has 0 aliphatic rings.